The van der Waals surface area contributed by atoms with Gasteiger partial charge in [-0.25, -0.2) is 4.39 Å². The molecule has 2 heterocycles. The Morgan fingerprint density at radius 3 is 2.28 bits per heavy atom. The molecule has 6 nitrogen and oxygen atoms in total. The molecule has 0 saturated carbocycles. The number of halogens is 1. The molecule has 1 aromatic heterocycles. The smallest absolute Gasteiger partial charge is 0.278 e. The van der Waals surface area contributed by atoms with Gasteiger partial charge in [0.2, 0.25) is 0 Å². The molecule has 8 heteroatoms. The first-order chi connectivity index (χ1) is 14.1. The number of benzene rings is 1. The van der Waals surface area contributed by atoms with Gasteiger partial charge in [-0.1, -0.05) is 24.3 Å². The maximum Gasteiger partial charge on any atom is 0.278 e. The van der Waals surface area contributed by atoms with E-state index in [1.54, 1.807) is 32.4 Å². The van der Waals surface area contributed by atoms with Crippen molar-refractivity contribution in [3.63, 3.8) is 0 Å². The first kappa shape index (κ1) is 21.2. The van der Waals surface area contributed by atoms with Crippen molar-refractivity contribution in [3.8, 4) is 0 Å². The summed E-state index contributed by atoms with van der Waals surface area (Å²) in [5, 5.41) is 1.85. The number of hydrogen-bond donors (Lipinski definition) is 0. The fourth-order valence-corrected chi connectivity index (χ4v) is 3.94. The van der Waals surface area contributed by atoms with Gasteiger partial charge in [0.15, 0.2) is 0 Å². The van der Waals surface area contributed by atoms with Crippen LogP contribution in [0.25, 0.3) is 5.57 Å². The zero-order chi connectivity index (χ0) is 20.8. The van der Waals surface area contributed by atoms with Gasteiger partial charge in [-0.3, -0.25) is 14.5 Å². The minimum absolute atomic E-state index is 0.120. The normalized spacial score (nSPS) is 14.2. The molecule has 0 atom stereocenters. The van der Waals surface area contributed by atoms with Crippen LogP contribution in [-0.4, -0.2) is 62.1 Å². The molecule has 0 aliphatic carbocycles. The minimum Gasteiger partial charge on any atom is -0.383 e. The molecule has 1 aliphatic rings. The van der Waals surface area contributed by atoms with Crippen LogP contribution < -0.4 is 0 Å². The SMILES string of the molecule is COCCN(CCOC)C1=C(c2cccs2)C(=O)N(Cc2ccccc2F)C1=O. The van der Waals surface area contributed by atoms with Gasteiger partial charge >= 0.3 is 0 Å². The average Bonchev–Trinajstić information content (AvgIpc) is 3.32. The minimum atomic E-state index is -0.449. The first-order valence-corrected chi connectivity index (χ1v) is 10.1. The summed E-state index contributed by atoms with van der Waals surface area (Å²) < 4.78 is 24.5. The Balaban J connectivity index is 1.99. The van der Waals surface area contributed by atoms with Gasteiger partial charge in [0.25, 0.3) is 11.8 Å². The van der Waals surface area contributed by atoms with Crippen LogP contribution >= 0.6 is 11.3 Å². The van der Waals surface area contributed by atoms with Gasteiger partial charge in [0.1, 0.15) is 11.5 Å². The predicted molar refractivity (Wildman–Crippen MR) is 109 cm³/mol. The molecular formula is C21H23FN2O4S. The van der Waals surface area contributed by atoms with Gasteiger partial charge < -0.3 is 14.4 Å². The van der Waals surface area contributed by atoms with E-state index in [2.05, 4.69) is 0 Å². The standard InChI is InChI=1S/C21H23FN2O4S/c1-27-11-9-23(10-12-28-2)19-18(17-8-5-13-29-17)20(25)24(21(19)26)14-15-6-3-4-7-16(15)22/h3-8,13H,9-12,14H2,1-2H3. The fraction of sp³-hybridized carbons (Fsp3) is 0.333. The van der Waals surface area contributed by atoms with E-state index in [9.17, 15) is 14.0 Å². The summed E-state index contributed by atoms with van der Waals surface area (Å²) in [6, 6.07) is 9.79. The van der Waals surface area contributed by atoms with E-state index in [4.69, 9.17) is 9.47 Å². The molecule has 0 radical (unpaired) electrons. The average molecular weight is 418 g/mol. The molecule has 0 N–H and O–H groups in total. The maximum absolute atomic E-state index is 14.2. The van der Waals surface area contributed by atoms with Crippen LogP contribution in [0.1, 0.15) is 10.4 Å². The second-order valence-corrected chi connectivity index (χ2v) is 7.41. The number of nitrogens with zero attached hydrogens (tertiary/aromatic N) is 2. The van der Waals surface area contributed by atoms with Crippen LogP contribution in [0.2, 0.25) is 0 Å². The third-order valence-corrected chi connectivity index (χ3v) is 5.53. The number of hydrogen-bond acceptors (Lipinski definition) is 6. The Morgan fingerprint density at radius 2 is 1.69 bits per heavy atom. The molecule has 29 heavy (non-hydrogen) atoms. The van der Waals surface area contributed by atoms with E-state index in [0.717, 1.165) is 4.90 Å². The molecular weight excluding hydrogens is 395 g/mol. The molecule has 1 aliphatic heterocycles. The lowest BCUT2D eigenvalue weighted by Crippen LogP contribution is -2.37. The van der Waals surface area contributed by atoms with E-state index < -0.39 is 17.6 Å². The molecule has 0 fully saturated rings. The van der Waals surface area contributed by atoms with E-state index in [1.165, 1.54) is 17.4 Å². The summed E-state index contributed by atoms with van der Waals surface area (Å²) in [5.74, 6) is -1.31. The number of carbonyl (C=O) groups is 2. The van der Waals surface area contributed by atoms with Crippen molar-refractivity contribution in [2.45, 2.75) is 6.54 Å². The maximum atomic E-state index is 14.2. The van der Waals surface area contributed by atoms with E-state index in [1.807, 2.05) is 22.4 Å². The zero-order valence-corrected chi connectivity index (χ0v) is 17.2. The van der Waals surface area contributed by atoms with Crippen molar-refractivity contribution < 1.29 is 23.5 Å². The van der Waals surface area contributed by atoms with Gasteiger partial charge in [0, 0.05) is 37.7 Å². The van der Waals surface area contributed by atoms with Gasteiger partial charge in [-0.05, 0) is 17.5 Å². The molecule has 0 spiro atoms. The highest BCUT2D eigenvalue weighted by molar-refractivity contribution is 7.11. The largest absolute Gasteiger partial charge is 0.383 e. The number of carbonyl (C=O) groups excluding carboxylic acids is 2. The Morgan fingerprint density at radius 1 is 1.00 bits per heavy atom. The summed E-state index contributed by atoms with van der Waals surface area (Å²) >= 11 is 1.39. The number of rotatable bonds is 10. The van der Waals surface area contributed by atoms with E-state index >= 15 is 0 Å². The number of amides is 2. The second kappa shape index (κ2) is 9.78. The lowest BCUT2D eigenvalue weighted by molar-refractivity contribution is -0.138. The predicted octanol–water partition coefficient (Wildman–Crippen LogP) is 2.76. The molecule has 0 unspecified atom stereocenters. The van der Waals surface area contributed by atoms with E-state index in [0.29, 0.717) is 48.0 Å². The molecule has 2 amide bonds. The van der Waals surface area contributed by atoms with Crippen molar-refractivity contribution in [1.29, 1.82) is 0 Å². The van der Waals surface area contributed by atoms with Gasteiger partial charge in [-0.2, -0.15) is 0 Å². The summed E-state index contributed by atoms with van der Waals surface area (Å²) in [7, 11) is 3.16. The highest BCUT2D eigenvalue weighted by Gasteiger charge is 2.42. The van der Waals surface area contributed by atoms with E-state index in [-0.39, 0.29) is 6.54 Å². The fourth-order valence-electron chi connectivity index (χ4n) is 3.18. The molecule has 0 saturated heterocycles. The van der Waals surface area contributed by atoms with Crippen molar-refractivity contribution in [3.05, 3.63) is 63.7 Å². The van der Waals surface area contributed by atoms with Crippen molar-refractivity contribution in [2.75, 3.05) is 40.5 Å². The molecule has 3 rings (SSSR count). The Labute approximate surface area is 173 Å². The highest BCUT2D eigenvalue weighted by atomic mass is 32.1. The topological polar surface area (TPSA) is 59.1 Å². The quantitative estimate of drug-likeness (QED) is 0.556. The van der Waals surface area contributed by atoms with Crippen LogP contribution in [0.3, 0.4) is 0 Å². The monoisotopic (exact) mass is 418 g/mol. The third-order valence-electron chi connectivity index (χ3n) is 4.64. The Bertz CT molecular complexity index is 890. The second-order valence-electron chi connectivity index (χ2n) is 6.46. The molecule has 154 valence electrons. The number of ether oxygens (including phenoxy) is 2. The lowest BCUT2D eigenvalue weighted by Gasteiger charge is -2.25. The van der Waals surface area contributed by atoms with Crippen molar-refractivity contribution >= 4 is 28.7 Å². The number of methoxy groups -OCH3 is 2. The summed E-state index contributed by atoms with van der Waals surface area (Å²) in [5.41, 5.74) is 0.942. The third kappa shape index (κ3) is 4.55. The molecule has 2 aromatic rings. The van der Waals surface area contributed by atoms with Crippen LogP contribution in [0, 0.1) is 5.82 Å². The molecule has 1 aromatic carbocycles. The molecule has 0 bridgehead atoms. The van der Waals surface area contributed by atoms with Crippen molar-refractivity contribution in [2.24, 2.45) is 0 Å². The number of thiophene rings is 1. The summed E-state index contributed by atoms with van der Waals surface area (Å²) in [4.78, 5) is 30.2. The first-order valence-electron chi connectivity index (χ1n) is 9.19. The van der Waals surface area contributed by atoms with Gasteiger partial charge in [-0.15, -0.1) is 11.3 Å². The van der Waals surface area contributed by atoms with Gasteiger partial charge in [0.05, 0.1) is 25.3 Å². The van der Waals surface area contributed by atoms with Crippen molar-refractivity contribution in [1.82, 2.24) is 9.80 Å². The summed E-state index contributed by atoms with van der Waals surface area (Å²) in [6.45, 7) is 1.51. The number of imide groups is 1. The lowest BCUT2D eigenvalue weighted by atomic mass is 10.1. The summed E-state index contributed by atoms with van der Waals surface area (Å²) in [6.07, 6.45) is 0. The Kier molecular flexibility index (Phi) is 7.13. The zero-order valence-electron chi connectivity index (χ0n) is 16.4. The van der Waals surface area contributed by atoms with Crippen LogP contribution in [0.5, 0.6) is 0 Å². The Hall–Kier alpha value is -2.55. The van der Waals surface area contributed by atoms with Crippen LogP contribution in [-0.2, 0) is 25.6 Å². The van der Waals surface area contributed by atoms with Crippen LogP contribution in [0.4, 0.5) is 4.39 Å². The van der Waals surface area contributed by atoms with Crippen LogP contribution in [0.15, 0.2) is 47.5 Å². The highest BCUT2D eigenvalue weighted by Crippen LogP contribution is 2.34.